The number of rotatable bonds is 7. The highest BCUT2D eigenvalue weighted by molar-refractivity contribution is 7.89. The second-order valence-corrected chi connectivity index (χ2v) is 8.15. The maximum atomic E-state index is 13.4. The molecule has 5 nitrogen and oxygen atoms in total. The molecule has 0 radical (unpaired) electrons. The number of hydrogen-bond donors (Lipinski definition) is 1. The van der Waals surface area contributed by atoms with E-state index >= 15 is 0 Å². The van der Waals surface area contributed by atoms with Crippen molar-refractivity contribution < 1.29 is 17.5 Å². The fraction of sp³-hybridized carbons (Fsp3) is 0.368. The molecular weight excluding hydrogens is 355 g/mol. The Morgan fingerprint density at radius 3 is 2.38 bits per heavy atom. The molecule has 0 bridgehead atoms. The lowest BCUT2D eigenvalue weighted by atomic mass is 10.1. The normalized spacial score (nSPS) is 15.3. The second kappa shape index (κ2) is 8.16. The number of hydrogen-bond acceptors (Lipinski definition) is 4. The molecule has 7 heteroatoms. The zero-order valence-electron chi connectivity index (χ0n) is 14.7. The minimum Gasteiger partial charge on any atom is -0.495 e. The molecule has 0 saturated carbocycles. The first-order valence-electron chi connectivity index (χ1n) is 8.61. The topological polar surface area (TPSA) is 58.6 Å². The smallest absolute Gasteiger partial charge is 0.244 e. The Hall–Kier alpha value is -1.96. The minimum absolute atomic E-state index is 0.111. The second-order valence-electron chi connectivity index (χ2n) is 6.42. The summed E-state index contributed by atoms with van der Waals surface area (Å²) < 4.78 is 45.9. The van der Waals surface area contributed by atoms with Gasteiger partial charge in [-0.1, -0.05) is 24.3 Å². The van der Waals surface area contributed by atoms with Crippen molar-refractivity contribution in [3.63, 3.8) is 0 Å². The SMILES string of the molecule is COc1ccc(F)cc1S(=O)(=O)NCc1ccc(CN2CCCC2)cc1. The zero-order chi connectivity index (χ0) is 18.6. The monoisotopic (exact) mass is 378 g/mol. The third kappa shape index (κ3) is 4.60. The number of likely N-dealkylation sites (tertiary alicyclic amines) is 1. The molecule has 2 aromatic rings. The number of methoxy groups -OCH3 is 1. The van der Waals surface area contributed by atoms with Crippen LogP contribution in [-0.4, -0.2) is 33.5 Å². The van der Waals surface area contributed by atoms with Crippen LogP contribution >= 0.6 is 0 Å². The molecule has 0 aromatic heterocycles. The number of ether oxygens (including phenoxy) is 1. The van der Waals surface area contributed by atoms with E-state index in [1.54, 1.807) is 0 Å². The maximum Gasteiger partial charge on any atom is 0.244 e. The van der Waals surface area contributed by atoms with Crippen molar-refractivity contribution in [1.82, 2.24) is 9.62 Å². The summed E-state index contributed by atoms with van der Waals surface area (Å²) >= 11 is 0. The number of nitrogens with one attached hydrogen (secondary N) is 1. The van der Waals surface area contributed by atoms with Crippen LogP contribution in [0.15, 0.2) is 47.4 Å². The highest BCUT2D eigenvalue weighted by Gasteiger charge is 2.20. The van der Waals surface area contributed by atoms with Gasteiger partial charge in [0.05, 0.1) is 7.11 Å². The average molecular weight is 378 g/mol. The van der Waals surface area contributed by atoms with E-state index in [-0.39, 0.29) is 17.2 Å². The predicted molar refractivity (Wildman–Crippen MR) is 97.9 cm³/mol. The fourth-order valence-electron chi connectivity index (χ4n) is 3.08. The van der Waals surface area contributed by atoms with Gasteiger partial charge >= 0.3 is 0 Å². The molecule has 2 aromatic carbocycles. The van der Waals surface area contributed by atoms with Gasteiger partial charge in [0, 0.05) is 13.1 Å². The van der Waals surface area contributed by atoms with Gasteiger partial charge in [0.25, 0.3) is 0 Å². The standard InChI is InChI=1S/C19H23FN2O3S/c1-25-18-9-8-17(20)12-19(18)26(23,24)21-13-15-4-6-16(7-5-15)14-22-10-2-3-11-22/h4-9,12,21H,2-3,10-11,13-14H2,1H3. The van der Waals surface area contributed by atoms with Gasteiger partial charge in [0.1, 0.15) is 16.5 Å². The Morgan fingerprint density at radius 2 is 1.73 bits per heavy atom. The number of sulfonamides is 1. The lowest BCUT2D eigenvalue weighted by Crippen LogP contribution is -2.24. The van der Waals surface area contributed by atoms with Crippen molar-refractivity contribution in [2.75, 3.05) is 20.2 Å². The van der Waals surface area contributed by atoms with Crippen LogP contribution in [0.5, 0.6) is 5.75 Å². The Balaban J connectivity index is 1.65. The number of nitrogens with zero attached hydrogens (tertiary/aromatic N) is 1. The molecule has 3 rings (SSSR count). The van der Waals surface area contributed by atoms with E-state index < -0.39 is 15.8 Å². The third-order valence-corrected chi connectivity index (χ3v) is 5.93. The van der Waals surface area contributed by atoms with Gasteiger partial charge in [-0.05, 0) is 55.3 Å². The first-order chi connectivity index (χ1) is 12.5. The first kappa shape index (κ1) is 18.8. The van der Waals surface area contributed by atoms with Crippen molar-refractivity contribution in [2.45, 2.75) is 30.8 Å². The summed E-state index contributed by atoms with van der Waals surface area (Å²) in [6.45, 7) is 3.33. The van der Waals surface area contributed by atoms with Gasteiger partial charge in [-0.15, -0.1) is 0 Å². The molecular formula is C19H23FN2O3S. The predicted octanol–water partition coefficient (Wildman–Crippen LogP) is 2.91. The molecule has 26 heavy (non-hydrogen) atoms. The van der Waals surface area contributed by atoms with Crippen LogP contribution in [0.3, 0.4) is 0 Å². The summed E-state index contributed by atoms with van der Waals surface area (Å²) in [5.41, 5.74) is 2.06. The van der Waals surface area contributed by atoms with Crippen LogP contribution < -0.4 is 9.46 Å². The molecule has 0 unspecified atom stereocenters. The summed E-state index contributed by atoms with van der Waals surface area (Å²) in [7, 11) is -2.52. The molecule has 1 aliphatic rings. The summed E-state index contributed by atoms with van der Waals surface area (Å²) in [4.78, 5) is 2.21. The lowest BCUT2D eigenvalue weighted by Gasteiger charge is -2.15. The number of halogens is 1. The molecule has 140 valence electrons. The van der Waals surface area contributed by atoms with E-state index in [0.717, 1.165) is 37.3 Å². The molecule has 1 saturated heterocycles. The van der Waals surface area contributed by atoms with Crippen LogP contribution in [0.1, 0.15) is 24.0 Å². The molecule has 1 fully saturated rings. The van der Waals surface area contributed by atoms with Crippen LogP contribution in [0.4, 0.5) is 4.39 Å². The summed E-state index contributed by atoms with van der Waals surface area (Å²) in [6, 6.07) is 11.3. The van der Waals surface area contributed by atoms with E-state index in [1.165, 1.54) is 31.6 Å². The van der Waals surface area contributed by atoms with E-state index in [4.69, 9.17) is 4.74 Å². The Bertz CT molecular complexity index is 848. The van der Waals surface area contributed by atoms with E-state index in [0.29, 0.717) is 0 Å². The molecule has 1 N–H and O–H groups in total. The van der Waals surface area contributed by atoms with Gasteiger partial charge in [-0.3, -0.25) is 4.90 Å². The minimum atomic E-state index is -3.88. The Labute approximate surface area is 153 Å². The maximum absolute atomic E-state index is 13.4. The van der Waals surface area contributed by atoms with Gasteiger partial charge < -0.3 is 4.74 Å². The van der Waals surface area contributed by atoms with Crippen LogP contribution in [0.25, 0.3) is 0 Å². The summed E-state index contributed by atoms with van der Waals surface area (Å²) in [5.74, 6) is -0.516. The molecule has 0 aliphatic carbocycles. The van der Waals surface area contributed by atoms with Crippen molar-refractivity contribution >= 4 is 10.0 Å². The quantitative estimate of drug-likeness (QED) is 0.805. The average Bonchev–Trinajstić information content (AvgIpc) is 3.14. The van der Waals surface area contributed by atoms with Gasteiger partial charge in [-0.25, -0.2) is 17.5 Å². The van der Waals surface area contributed by atoms with E-state index in [9.17, 15) is 12.8 Å². The summed E-state index contributed by atoms with van der Waals surface area (Å²) in [6.07, 6.45) is 2.51. The largest absolute Gasteiger partial charge is 0.495 e. The zero-order valence-corrected chi connectivity index (χ0v) is 15.6. The highest BCUT2D eigenvalue weighted by Crippen LogP contribution is 2.24. The van der Waals surface area contributed by atoms with Gasteiger partial charge in [-0.2, -0.15) is 0 Å². The molecule has 0 atom stereocenters. The van der Waals surface area contributed by atoms with Gasteiger partial charge in [0.15, 0.2) is 0 Å². The molecule has 0 spiro atoms. The van der Waals surface area contributed by atoms with Gasteiger partial charge in [0.2, 0.25) is 10.0 Å². The number of benzene rings is 2. The van der Waals surface area contributed by atoms with Crippen LogP contribution in [-0.2, 0) is 23.1 Å². The van der Waals surface area contributed by atoms with Crippen molar-refractivity contribution in [1.29, 1.82) is 0 Å². The van der Waals surface area contributed by atoms with Crippen molar-refractivity contribution in [3.05, 3.63) is 59.4 Å². The Morgan fingerprint density at radius 1 is 1.08 bits per heavy atom. The fourth-order valence-corrected chi connectivity index (χ4v) is 4.27. The molecule has 1 heterocycles. The molecule has 1 aliphatic heterocycles. The van der Waals surface area contributed by atoms with E-state index in [1.807, 2.05) is 24.3 Å². The third-order valence-electron chi connectivity index (χ3n) is 4.51. The van der Waals surface area contributed by atoms with Crippen molar-refractivity contribution in [2.24, 2.45) is 0 Å². The highest BCUT2D eigenvalue weighted by atomic mass is 32.2. The van der Waals surface area contributed by atoms with Crippen molar-refractivity contribution in [3.8, 4) is 5.75 Å². The first-order valence-corrected chi connectivity index (χ1v) is 10.1. The van der Waals surface area contributed by atoms with Crippen LogP contribution in [0, 0.1) is 5.82 Å². The van der Waals surface area contributed by atoms with Crippen LogP contribution in [0.2, 0.25) is 0 Å². The van der Waals surface area contributed by atoms with E-state index in [2.05, 4.69) is 9.62 Å². The lowest BCUT2D eigenvalue weighted by molar-refractivity contribution is 0.331. The summed E-state index contributed by atoms with van der Waals surface area (Å²) in [5, 5.41) is 0. The Kier molecular flexibility index (Phi) is 5.90. The molecule has 0 amide bonds.